The Hall–Kier alpha value is -1.40. The molecule has 0 aliphatic heterocycles. The molecule has 2 unspecified atom stereocenters. The predicted molar refractivity (Wildman–Crippen MR) is 80.5 cm³/mol. The second-order valence-electron chi connectivity index (χ2n) is 6.47. The number of nitrogen functional groups attached to an aromatic ring is 1. The molecule has 0 amide bonds. The van der Waals surface area contributed by atoms with Gasteiger partial charge in [0.25, 0.3) is 0 Å². The van der Waals surface area contributed by atoms with Crippen molar-refractivity contribution in [2.24, 2.45) is 11.3 Å². The maximum absolute atomic E-state index is 9.83. The van der Waals surface area contributed by atoms with E-state index in [-0.39, 0.29) is 23.5 Å². The van der Waals surface area contributed by atoms with E-state index in [1.54, 1.807) is 0 Å². The van der Waals surface area contributed by atoms with E-state index >= 15 is 0 Å². The van der Waals surface area contributed by atoms with Crippen molar-refractivity contribution in [2.75, 3.05) is 10.7 Å². The zero-order chi connectivity index (χ0) is 15.1. The maximum atomic E-state index is 9.83. The van der Waals surface area contributed by atoms with E-state index in [0.717, 1.165) is 23.6 Å². The van der Waals surface area contributed by atoms with E-state index in [2.05, 4.69) is 34.6 Å². The van der Waals surface area contributed by atoms with Crippen LogP contribution in [0.5, 0.6) is 0 Å². The van der Waals surface area contributed by atoms with Crippen LogP contribution in [0.3, 0.4) is 0 Å². The highest BCUT2D eigenvalue weighted by atomic mass is 16.3. The molecule has 5 N–H and O–H groups in total. The van der Waals surface area contributed by atoms with Crippen molar-refractivity contribution in [3.63, 3.8) is 0 Å². The zero-order valence-electron chi connectivity index (χ0n) is 12.9. The topological polar surface area (TPSA) is 96.1 Å². The molecule has 1 fully saturated rings. The van der Waals surface area contributed by atoms with Crippen LogP contribution in [-0.4, -0.2) is 27.2 Å². The number of nitrogens with zero attached hydrogens (tertiary/aromatic N) is 2. The molecular weight excluding hydrogens is 254 g/mol. The van der Waals surface area contributed by atoms with E-state index in [4.69, 9.17) is 5.84 Å². The first-order valence-electron chi connectivity index (χ1n) is 7.07. The molecule has 0 bridgehead atoms. The van der Waals surface area contributed by atoms with E-state index in [1.165, 1.54) is 0 Å². The molecule has 0 saturated heterocycles. The fourth-order valence-corrected chi connectivity index (χ4v) is 2.39. The number of hydrogen-bond acceptors (Lipinski definition) is 6. The average Bonchev–Trinajstić information content (AvgIpc) is 2.40. The number of anilines is 2. The summed E-state index contributed by atoms with van der Waals surface area (Å²) in [4.78, 5) is 9.01. The highest BCUT2D eigenvalue weighted by Crippen LogP contribution is 2.42. The Labute approximate surface area is 120 Å². The standard InChI is InChI=1S/C14H25N5O/c1-7(2)11-17-12(8(3)13(18-11)19-15)16-9-6-10(20)14(9,4)5/h7,9-10,20H,6,15H2,1-5H3,(H2,16,17,18,19). The van der Waals surface area contributed by atoms with Crippen LogP contribution in [-0.2, 0) is 0 Å². The average molecular weight is 279 g/mol. The van der Waals surface area contributed by atoms with Crippen LogP contribution < -0.4 is 16.6 Å². The van der Waals surface area contributed by atoms with Crippen molar-refractivity contribution in [1.29, 1.82) is 0 Å². The minimum atomic E-state index is -0.265. The van der Waals surface area contributed by atoms with Crippen LogP contribution in [0.1, 0.15) is 51.4 Å². The SMILES string of the molecule is Cc1c(NN)nc(C(C)C)nc1NC1CC(O)C1(C)C. The molecule has 1 heterocycles. The molecule has 0 aromatic carbocycles. The number of nitrogens with one attached hydrogen (secondary N) is 2. The van der Waals surface area contributed by atoms with Crippen molar-refractivity contribution in [3.8, 4) is 0 Å². The molecule has 6 nitrogen and oxygen atoms in total. The first kappa shape index (κ1) is 15.0. The van der Waals surface area contributed by atoms with E-state index in [0.29, 0.717) is 5.82 Å². The predicted octanol–water partition coefficient (Wildman–Crippen LogP) is 1.77. The smallest absolute Gasteiger partial charge is 0.148 e. The number of rotatable bonds is 4. The minimum Gasteiger partial charge on any atom is -0.392 e. The number of hydrogen-bond donors (Lipinski definition) is 4. The molecule has 1 aliphatic rings. The van der Waals surface area contributed by atoms with Gasteiger partial charge < -0.3 is 15.8 Å². The molecule has 1 aromatic heterocycles. The molecule has 1 saturated carbocycles. The van der Waals surface area contributed by atoms with Gasteiger partial charge in [0.2, 0.25) is 0 Å². The van der Waals surface area contributed by atoms with Gasteiger partial charge in [0.15, 0.2) is 0 Å². The largest absolute Gasteiger partial charge is 0.392 e. The molecule has 2 atom stereocenters. The summed E-state index contributed by atoms with van der Waals surface area (Å²) in [5, 5.41) is 13.3. The van der Waals surface area contributed by atoms with Crippen molar-refractivity contribution >= 4 is 11.6 Å². The van der Waals surface area contributed by atoms with Gasteiger partial charge in [-0.3, -0.25) is 0 Å². The summed E-state index contributed by atoms with van der Waals surface area (Å²) in [5.41, 5.74) is 3.38. The first-order valence-corrected chi connectivity index (χ1v) is 7.07. The lowest BCUT2D eigenvalue weighted by molar-refractivity contribution is -0.0511. The van der Waals surface area contributed by atoms with Gasteiger partial charge in [-0.2, -0.15) is 0 Å². The number of aliphatic hydroxyl groups is 1. The van der Waals surface area contributed by atoms with Crippen molar-refractivity contribution < 1.29 is 5.11 Å². The highest BCUT2D eigenvalue weighted by molar-refractivity contribution is 5.57. The van der Waals surface area contributed by atoms with Crippen molar-refractivity contribution in [1.82, 2.24) is 9.97 Å². The molecule has 20 heavy (non-hydrogen) atoms. The summed E-state index contributed by atoms with van der Waals surface area (Å²) >= 11 is 0. The number of aromatic nitrogens is 2. The number of aliphatic hydroxyl groups excluding tert-OH is 1. The van der Waals surface area contributed by atoms with Crippen molar-refractivity contribution in [2.45, 2.75) is 59.1 Å². The molecule has 1 aliphatic carbocycles. The lowest BCUT2D eigenvalue weighted by Gasteiger charge is -2.49. The molecule has 6 heteroatoms. The van der Waals surface area contributed by atoms with Crippen LogP contribution >= 0.6 is 0 Å². The van der Waals surface area contributed by atoms with Gasteiger partial charge in [0, 0.05) is 22.9 Å². The maximum Gasteiger partial charge on any atom is 0.148 e. The fraction of sp³-hybridized carbons (Fsp3) is 0.714. The van der Waals surface area contributed by atoms with E-state index in [9.17, 15) is 5.11 Å². The lowest BCUT2D eigenvalue weighted by atomic mass is 9.64. The summed E-state index contributed by atoms with van der Waals surface area (Å²) < 4.78 is 0. The Morgan fingerprint density at radius 3 is 2.35 bits per heavy atom. The Morgan fingerprint density at radius 1 is 1.30 bits per heavy atom. The van der Waals surface area contributed by atoms with Crippen LogP contribution in [0.15, 0.2) is 0 Å². The second kappa shape index (κ2) is 5.18. The second-order valence-corrected chi connectivity index (χ2v) is 6.47. The normalized spacial score (nSPS) is 24.4. The van der Waals surface area contributed by atoms with Crippen LogP contribution in [0.4, 0.5) is 11.6 Å². The summed E-state index contributed by atoms with van der Waals surface area (Å²) in [6.07, 6.45) is 0.470. The van der Waals surface area contributed by atoms with Gasteiger partial charge in [-0.1, -0.05) is 27.7 Å². The number of hydrazine groups is 1. The molecule has 112 valence electrons. The van der Waals surface area contributed by atoms with Crippen LogP contribution in [0.25, 0.3) is 0 Å². The summed E-state index contributed by atoms with van der Waals surface area (Å²) in [5.74, 6) is 7.95. The molecular formula is C14H25N5O. The molecule has 1 aromatic rings. The van der Waals surface area contributed by atoms with Gasteiger partial charge in [-0.15, -0.1) is 0 Å². The van der Waals surface area contributed by atoms with Gasteiger partial charge in [-0.25, -0.2) is 15.8 Å². The van der Waals surface area contributed by atoms with Crippen LogP contribution in [0, 0.1) is 12.3 Å². The Bertz CT molecular complexity index is 501. The van der Waals surface area contributed by atoms with Gasteiger partial charge in [0.1, 0.15) is 17.5 Å². The third kappa shape index (κ3) is 2.45. The summed E-state index contributed by atoms with van der Waals surface area (Å²) in [6, 6.07) is 0.205. The van der Waals surface area contributed by atoms with Gasteiger partial charge >= 0.3 is 0 Å². The summed E-state index contributed by atoms with van der Waals surface area (Å²) in [6.45, 7) is 10.1. The number of nitrogens with two attached hydrogens (primary N) is 1. The minimum absolute atomic E-state index is 0.147. The Balaban J connectivity index is 2.29. The first-order chi connectivity index (χ1) is 9.27. The Morgan fingerprint density at radius 2 is 1.90 bits per heavy atom. The fourth-order valence-electron chi connectivity index (χ4n) is 2.39. The summed E-state index contributed by atoms with van der Waals surface area (Å²) in [7, 11) is 0. The molecule has 0 radical (unpaired) electrons. The van der Waals surface area contributed by atoms with Gasteiger partial charge in [-0.05, 0) is 13.3 Å². The van der Waals surface area contributed by atoms with Gasteiger partial charge in [0.05, 0.1) is 6.10 Å². The lowest BCUT2D eigenvalue weighted by Crippen LogP contribution is -2.57. The van der Waals surface area contributed by atoms with Crippen LogP contribution in [0.2, 0.25) is 0 Å². The molecule has 2 rings (SSSR count). The van der Waals surface area contributed by atoms with E-state index < -0.39 is 0 Å². The third-order valence-corrected chi connectivity index (χ3v) is 4.34. The van der Waals surface area contributed by atoms with Crippen molar-refractivity contribution in [3.05, 3.63) is 11.4 Å². The zero-order valence-corrected chi connectivity index (χ0v) is 12.9. The monoisotopic (exact) mass is 279 g/mol. The molecule has 0 spiro atoms. The third-order valence-electron chi connectivity index (χ3n) is 4.34. The highest BCUT2D eigenvalue weighted by Gasteiger charge is 2.47. The quantitative estimate of drug-likeness (QED) is 0.495. The van der Waals surface area contributed by atoms with E-state index in [1.807, 2.05) is 20.8 Å². The Kier molecular flexibility index (Phi) is 3.88.